The van der Waals surface area contributed by atoms with E-state index >= 15 is 0 Å². The van der Waals surface area contributed by atoms with E-state index in [9.17, 15) is 0 Å². The van der Waals surface area contributed by atoms with Crippen molar-refractivity contribution in [3.8, 4) is 0 Å². The Kier molecular flexibility index (Phi) is 13.2. The van der Waals surface area contributed by atoms with Crippen molar-refractivity contribution in [2.24, 2.45) is 0 Å². The summed E-state index contributed by atoms with van der Waals surface area (Å²) in [7, 11) is 0. The van der Waals surface area contributed by atoms with E-state index in [2.05, 4.69) is 22.6 Å². The molecular weight excluding hydrogens is 171 g/mol. The van der Waals surface area contributed by atoms with Gasteiger partial charge in [-0.25, -0.2) is 0 Å². The Morgan fingerprint density at radius 1 is 2.00 bits per heavy atom. The Morgan fingerprint density at radius 3 is 2.12 bits per heavy atom. The van der Waals surface area contributed by atoms with Gasteiger partial charge in [0.1, 0.15) is 0 Å². The van der Waals surface area contributed by atoms with E-state index in [0.717, 1.165) is 12.2 Å². The molecule has 0 unspecified atom stereocenters. The second-order valence-electron chi connectivity index (χ2n) is 0.990. The van der Waals surface area contributed by atoms with Crippen molar-refractivity contribution in [2.75, 3.05) is 0 Å². The fourth-order valence-electron chi connectivity index (χ4n) is 0. The second-order valence-corrected chi connectivity index (χ2v) is 1.76. The smallest absolute Gasteiger partial charge is 0.300 e. The zero-order valence-electron chi connectivity index (χ0n) is 4.79. The van der Waals surface area contributed by atoms with Crippen LogP contribution in [-0.2, 0) is 4.79 Å². The molecule has 0 spiro atoms. The molecule has 0 heterocycles. The van der Waals surface area contributed by atoms with Crippen molar-refractivity contribution >= 4 is 22.0 Å². The number of allylic oxidation sites excluding steroid dienone is 1. The van der Waals surface area contributed by atoms with Crippen LogP contribution in [0.2, 0.25) is 5.32 Å². The third-order valence-corrected chi connectivity index (χ3v) is 0.671. The summed E-state index contributed by atoms with van der Waals surface area (Å²) in [6, 6.07) is 0. The maximum absolute atomic E-state index is 9.00. The summed E-state index contributed by atoms with van der Waals surface area (Å²) < 4.78 is 0. The third-order valence-electron chi connectivity index (χ3n) is 0.129. The average molecular weight is 181 g/mol. The molecule has 48 valence electrons. The van der Waals surface area contributed by atoms with Crippen LogP contribution in [0.1, 0.15) is 6.92 Å². The van der Waals surface area contributed by atoms with Gasteiger partial charge in [0.15, 0.2) is 0 Å². The summed E-state index contributed by atoms with van der Waals surface area (Å²) in [6.45, 7) is 4.55. The van der Waals surface area contributed by atoms with Gasteiger partial charge in [0.2, 0.25) is 0 Å². The standard InChI is InChI=1S/C3H6Se.C2H4O2/c1-2-3-4;1-2(3)4/h2,4H,1,3H2;1H3,(H,3,4). The molecule has 0 aromatic heterocycles. The summed E-state index contributed by atoms with van der Waals surface area (Å²) in [5.74, 6) is -0.833. The first kappa shape index (κ1) is 10.7. The van der Waals surface area contributed by atoms with E-state index in [1.807, 2.05) is 6.08 Å². The molecule has 3 heteroatoms. The molecule has 0 rings (SSSR count). The molecule has 0 amide bonds. The summed E-state index contributed by atoms with van der Waals surface area (Å²) in [5, 5.41) is 8.44. The van der Waals surface area contributed by atoms with Gasteiger partial charge >= 0.3 is 34.0 Å². The molecule has 0 fully saturated rings. The number of hydrogen-bond acceptors (Lipinski definition) is 1. The van der Waals surface area contributed by atoms with Crippen LogP contribution in [0.15, 0.2) is 12.7 Å². The van der Waals surface area contributed by atoms with E-state index in [1.165, 1.54) is 0 Å². The van der Waals surface area contributed by atoms with Gasteiger partial charge in [-0.15, -0.1) is 0 Å². The molecule has 2 nitrogen and oxygen atoms in total. The van der Waals surface area contributed by atoms with Crippen LogP contribution in [0.25, 0.3) is 0 Å². The van der Waals surface area contributed by atoms with Crippen molar-refractivity contribution in [1.82, 2.24) is 0 Å². The van der Waals surface area contributed by atoms with Crippen molar-refractivity contribution in [3.05, 3.63) is 12.7 Å². The van der Waals surface area contributed by atoms with E-state index in [1.54, 1.807) is 0 Å². The molecule has 0 atom stereocenters. The largest absolute Gasteiger partial charge is 0.481 e. The normalized spacial score (nSPS) is 6.25. The first-order chi connectivity index (χ1) is 3.65. The molecular formula is C5H10O2Se. The summed E-state index contributed by atoms with van der Waals surface area (Å²) in [4.78, 5) is 9.00. The number of carboxylic acids is 1. The quantitative estimate of drug-likeness (QED) is 0.474. The first-order valence-corrected chi connectivity index (χ1v) is 3.39. The van der Waals surface area contributed by atoms with Gasteiger partial charge in [0.25, 0.3) is 5.97 Å². The van der Waals surface area contributed by atoms with Crippen LogP contribution in [-0.4, -0.2) is 27.1 Å². The maximum Gasteiger partial charge on any atom is 0.300 e. The summed E-state index contributed by atoms with van der Waals surface area (Å²) in [5.41, 5.74) is 0. The average Bonchev–Trinajstić information content (AvgIpc) is 1.65. The monoisotopic (exact) mass is 182 g/mol. The zero-order valence-corrected chi connectivity index (χ0v) is 6.67. The Morgan fingerprint density at radius 2 is 2.12 bits per heavy atom. The third kappa shape index (κ3) is 241. The molecule has 0 aromatic rings. The minimum atomic E-state index is -0.833. The molecule has 0 aromatic carbocycles. The van der Waals surface area contributed by atoms with Crippen LogP contribution < -0.4 is 0 Å². The predicted octanol–water partition coefficient (Wildman–Crippen LogP) is 0.582. The van der Waals surface area contributed by atoms with Crippen molar-refractivity contribution in [3.63, 3.8) is 0 Å². The maximum atomic E-state index is 9.00. The number of carboxylic acid groups (broad SMARTS) is 1. The molecule has 0 aliphatic heterocycles. The van der Waals surface area contributed by atoms with E-state index in [-0.39, 0.29) is 0 Å². The summed E-state index contributed by atoms with van der Waals surface area (Å²) >= 11 is 2.42. The van der Waals surface area contributed by atoms with Gasteiger partial charge in [-0.3, -0.25) is 4.79 Å². The Bertz CT molecular complexity index is 66.8. The number of aliphatic carboxylic acids is 1. The predicted molar refractivity (Wildman–Crippen MR) is 35.5 cm³/mol. The van der Waals surface area contributed by atoms with Gasteiger partial charge in [0, 0.05) is 6.92 Å². The fraction of sp³-hybridized carbons (Fsp3) is 0.400. The van der Waals surface area contributed by atoms with Crippen molar-refractivity contribution in [2.45, 2.75) is 12.2 Å². The van der Waals surface area contributed by atoms with Crippen LogP contribution in [0, 0.1) is 0 Å². The van der Waals surface area contributed by atoms with E-state index in [0.29, 0.717) is 0 Å². The zero-order chi connectivity index (χ0) is 6.99. The fourth-order valence-corrected chi connectivity index (χ4v) is 0. The van der Waals surface area contributed by atoms with Crippen molar-refractivity contribution < 1.29 is 9.90 Å². The Balaban J connectivity index is 0. The number of hydrogen-bond donors (Lipinski definition) is 1. The molecule has 0 saturated carbocycles. The van der Waals surface area contributed by atoms with Crippen LogP contribution in [0.4, 0.5) is 0 Å². The van der Waals surface area contributed by atoms with Crippen LogP contribution in [0.3, 0.4) is 0 Å². The van der Waals surface area contributed by atoms with Gasteiger partial charge in [-0.05, 0) is 0 Å². The van der Waals surface area contributed by atoms with Gasteiger partial charge in [-0.1, -0.05) is 0 Å². The van der Waals surface area contributed by atoms with E-state index in [4.69, 9.17) is 9.90 Å². The number of carbonyl (C=O) groups is 1. The molecule has 0 radical (unpaired) electrons. The van der Waals surface area contributed by atoms with Crippen LogP contribution in [0.5, 0.6) is 0 Å². The van der Waals surface area contributed by atoms with E-state index < -0.39 is 5.97 Å². The molecule has 0 saturated heterocycles. The minimum absolute atomic E-state index is 0.833. The SMILES string of the molecule is C=CC[SeH].CC(=O)O. The second kappa shape index (κ2) is 9.88. The first-order valence-electron chi connectivity index (χ1n) is 2.06. The molecule has 8 heavy (non-hydrogen) atoms. The molecule has 0 aliphatic rings. The molecule has 0 bridgehead atoms. The number of rotatable bonds is 1. The Labute approximate surface area is 57.4 Å². The van der Waals surface area contributed by atoms with Gasteiger partial charge in [0.05, 0.1) is 0 Å². The summed E-state index contributed by atoms with van der Waals surface area (Å²) in [6.07, 6.45) is 1.85. The molecule has 0 aliphatic carbocycles. The van der Waals surface area contributed by atoms with Gasteiger partial charge < -0.3 is 5.11 Å². The topological polar surface area (TPSA) is 37.3 Å². The van der Waals surface area contributed by atoms with Crippen LogP contribution >= 0.6 is 0 Å². The van der Waals surface area contributed by atoms with Gasteiger partial charge in [-0.2, -0.15) is 0 Å². The minimum Gasteiger partial charge on any atom is -0.481 e. The van der Waals surface area contributed by atoms with Crippen molar-refractivity contribution in [1.29, 1.82) is 0 Å². The Hall–Kier alpha value is -0.271. The molecule has 1 N–H and O–H groups in total.